The van der Waals surface area contributed by atoms with Crippen molar-refractivity contribution in [3.63, 3.8) is 0 Å². The van der Waals surface area contributed by atoms with Gasteiger partial charge in [-0.15, -0.1) is 0 Å². The van der Waals surface area contributed by atoms with Gasteiger partial charge in [0.1, 0.15) is 5.82 Å². The monoisotopic (exact) mass is 341 g/mol. The second-order valence-corrected chi connectivity index (χ2v) is 6.36. The average Bonchev–Trinajstić information content (AvgIpc) is 2.91. The molecule has 1 aliphatic rings. The van der Waals surface area contributed by atoms with Gasteiger partial charge in [-0.2, -0.15) is 0 Å². The number of likely N-dealkylation sites (tertiary alicyclic amines) is 1. The highest BCUT2D eigenvalue weighted by atomic mass is 19.1. The zero-order valence-corrected chi connectivity index (χ0v) is 14.2. The van der Waals surface area contributed by atoms with Crippen molar-refractivity contribution >= 4 is 11.8 Å². The zero-order valence-electron chi connectivity index (χ0n) is 14.2. The molecule has 3 rings (SSSR count). The predicted octanol–water partition coefficient (Wildman–Crippen LogP) is 2.40. The maximum Gasteiger partial charge on any atom is 0.228 e. The number of nitrogens with zero attached hydrogens (tertiary/aromatic N) is 3. The molecule has 2 atom stereocenters. The first-order chi connectivity index (χ1) is 12.0. The minimum Gasteiger partial charge on any atom is -0.341 e. The van der Waals surface area contributed by atoms with Gasteiger partial charge in [0.25, 0.3) is 0 Å². The minimum atomic E-state index is -0.477. The Balaban J connectivity index is 1.81. The predicted molar refractivity (Wildman–Crippen MR) is 90.7 cm³/mol. The number of carbonyl (C=O) groups excluding carboxylic acids is 2. The Morgan fingerprint density at radius 3 is 2.52 bits per heavy atom. The lowest BCUT2D eigenvalue weighted by Crippen LogP contribution is -2.35. The molecule has 0 N–H and O–H groups in total. The molecule has 0 aliphatic carbocycles. The van der Waals surface area contributed by atoms with Crippen LogP contribution in [-0.2, 0) is 16.1 Å². The number of amides is 2. The third-order valence-corrected chi connectivity index (χ3v) is 4.66. The van der Waals surface area contributed by atoms with Crippen molar-refractivity contribution in [3.05, 3.63) is 65.7 Å². The van der Waals surface area contributed by atoms with Crippen molar-refractivity contribution in [2.24, 2.45) is 5.92 Å². The molecule has 6 heteroatoms. The Hall–Kier alpha value is -2.76. The van der Waals surface area contributed by atoms with E-state index in [4.69, 9.17) is 0 Å². The van der Waals surface area contributed by atoms with Crippen LogP contribution in [-0.4, -0.2) is 40.7 Å². The number of aromatic nitrogens is 1. The van der Waals surface area contributed by atoms with Crippen LogP contribution in [0.2, 0.25) is 0 Å². The summed E-state index contributed by atoms with van der Waals surface area (Å²) in [6.45, 7) is 0.450. The van der Waals surface area contributed by atoms with E-state index in [1.807, 2.05) is 12.1 Å². The van der Waals surface area contributed by atoms with Crippen molar-refractivity contribution < 1.29 is 14.0 Å². The normalized spacial score (nSPS) is 20.0. The van der Waals surface area contributed by atoms with Crippen LogP contribution in [0.4, 0.5) is 4.39 Å². The van der Waals surface area contributed by atoms with Gasteiger partial charge >= 0.3 is 0 Å². The fraction of sp³-hybridized carbons (Fsp3) is 0.316. The van der Waals surface area contributed by atoms with Gasteiger partial charge in [0.2, 0.25) is 11.8 Å². The first-order valence-corrected chi connectivity index (χ1v) is 8.12. The van der Waals surface area contributed by atoms with Crippen LogP contribution in [0.25, 0.3) is 0 Å². The maximum atomic E-state index is 13.2. The summed E-state index contributed by atoms with van der Waals surface area (Å²) in [6, 6.07) is 9.32. The molecule has 130 valence electrons. The summed E-state index contributed by atoms with van der Waals surface area (Å²) in [6.07, 6.45) is 3.53. The van der Waals surface area contributed by atoms with Crippen LogP contribution in [0.3, 0.4) is 0 Å². The van der Waals surface area contributed by atoms with Crippen molar-refractivity contribution in [1.82, 2.24) is 14.8 Å². The Morgan fingerprint density at radius 2 is 1.88 bits per heavy atom. The largest absolute Gasteiger partial charge is 0.341 e. The SMILES string of the molecule is CN(Cc1ccncc1)C(=O)[C@H]1CC(=O)N(C)[C@@H]1c1ccc(F)cc1. The number of rotatable bonds is 4. The number of carbonyl (C=O) groups is 2. The van der Waals surface area contributed by atoms with Crippen LogP contribution in [0.15, 0.2) is 48.8 Å². The molecule has 5 nitrogen and oxygen atoms in total. The molecule has 1 aromatic carbocycles. The molecule has 0 spiro atoms. The van der Waals surface area contributed by atoms with Gasteiger partial charge in [0.05, 0.1) is 12.0 Å². The highest BCUT2D eigenvalue weighted by molar-refractivity contribution is 5.90. The Labute approximate surface area is 146 Å². The van der Waals surface area contributed by atoms with Crippen LogP contribution in [0.5, 0.6) is 0 Å². The first kappa shape index (κ1) is 17.1. The van der Waals surface area contributed by atoms with E-state index < -0.39 is 5.92 Å². The van der Waals surface area contributed by atoms with E-state index in [-0.39, 0.29) is 30.1 Å². The van der Waals surface area contributed by atoms with Crippen molar-refractivity contribution in [2.45, 2.75) is 19.0 Å². The quantitative estimate of drug-likeness (QED) is 0.858. The topological polar surface area (TPSA) is 53.5 Å². The number of benzene rings is 1. The third-order valence-electron chi connectivity index (χ3n) is 4.66. The van der Waals surface area contributed by atoms with E-state index in [0.29, 0.717) is 6.54 Å². The standard InChI is InChI=1S/C19H20FN3O2/c1-22(12-13-7-9-21-10-8-13)19(25)16-11-17(24)23(2)18(16)14-3-5-15(20)6-4-14/h3-10,16,18H,11-12H2,1-2H3/t16-,18+/m0/s1. The van der Waals surface area contributed by atoms with E-state index in [1.165, 1.54) is 12.1 Å². The number of hydrogen-bond donors (Lipinski definition) is 0. The molecule has 25 heavy (non-hydrogen) atoms. The van der Waals surface area contributed by atoms with E-state index in [2.05, 4.69) is 4.98 Å². The van der Waals surface area contributed by atoms with Crippen LogP contribution in [0.1, 0.15) is 23.6 Å². The molecule has 2 aromatic rings. The van der Waals surface area contributed by atoms with E-state index >= 15 is 0 Å². The van der Waals surface area contributed by atoms with Gasteiger partial charge in [-0.25, -0.2) is 4.39 Å². The lowest BCUT2D eigenvalue weighted by molar-refractivity contribution is -0.135. The summed E-state index contributed by atoms with van der Waals surface area (Å²) in [5.41, 5.74) is 1.74. The lowest BCUT2D eigenvalue weighted by Gasteiger charge is -2.28. The fourth-order valence-electron chi connectivity index (χ4n) is 3.33. The fourth-order valence-corrected chi connectivity index (χ4v) is 3.33. The minimum absolute atomic E-state index is 0.0787. The first-order valence-electron chi connectivity index (χ1n) is 8.12. The van der Waals surface area contributed by atoms with Crippen molar-refractivity contribution in [2.75, 3.05) is 14.1 Å². The summed E-state index contributed by atoms with van der Waals surface area (Å²) in [5.74, 6) is -0.989. The van der Waals surface area contributed by atoms with Gasteiger partial charge in [-0.05, 0) is 35.4 Å². The zero-order chi connectivity index (χ0) is 18.0. The van der Waals surface area contributed by atoms with Gasteiger partial charge in [0, 0.05) is 39.5 Å². The molecule has 0 saturated carbocycles. The smallest absolute Gasteiger partial charge is 0.228 e. The summed E-state index contributed by atoms with van der Waals surface area (Å²) in [7, 11) is 3.42. The molecule has 1 fully saturated rings. The maximum absolute atomic E-state index is 13.2. The number of pyridine rings is 1. The molecular weight excluding hydrogens is 321 g/mol. The van der Waals surface area contributed by atoms with Gasteiger partial charge in [0.15, 0.2) is 0 Å². The van der Waals surface area contributed by atoms with Crippen molar-refractivity contribution in [3.8, 4) is 0 Å². The number of hydrogen-bond acceptors (Lipinski definition) is 3. The average molecular weight is 341 g/mol. The van der Waals surface area contributed by atoms with E-state index in [1.54, 1.807) is 48.4 Å². The van der Waals surface area contributed by atoms with Gasteiger partial charge in [-0.1, -0.05) is 12.1 Å². The summed E-state index contributed by atoms with van der Waals surface area (Å²) in [5, 5.41) is 0. The Bertz CT molecular complexity index is 764. The Morgan fingerprint density at radius 1 is 1.24 bits per heavy atom. The molecule has 1 aliphatic heterocycles. The van der Waals surface area contributed by atoms with Crippen LogP contribution in [0, 0.1) is 11.7 Å². The van der Waals surface area contributed by atoms with Crippen LogP contribution >= 0.6 is 0 Å². The molecule has 1 saturated heterocycles. The van der Waals surface area contributed by atoms with E-state index in [0.717, 1.165) is 11.1 Å². The molecule has 2 heterocycles. The molecule has 0 radical (unpaired) electrons. The molecule has 0 unspecified atom stereocenters. The molecular formula is C19H20FN3O2. The lowest BCUT2D eigenvalue weighted by atomic mass is 9.92. The molecule has 0 bridgehead atoms. The summed E-state index contributed by atoms with van der Waals surface area (Å²) in [4.78, 5) is 32.3. The van der Waals surface area contributed by atoms with Gasteiger partial charge < -0.3 is 9.80 Å². The van der Waals surface area contributed by atoms with E-state index in [9.17, 15) is 14.0 Å². The summed E-state index contributed by atoms with van der Waals surface area (Å²) >= 11 is 0. The highest BCUT2D eigenvalue weighted by Gasteiger charge is 2.43. The third kappa shape index (κ3) is 3.52. The van der Waals surface area contributed by atoms with Crippen molar-refractivity contribution in [1.29, 1.82) is 0 Å². The Kier molecular flexibility index (Phi) is 4.79. The highest BCUT2D eigenvalue weighted by Crippen LogP contribution is 2.38. The second-order valence-electron chi connectivity index (χ2n) is 6.36. The number of halogens is 1. The molecule has 1 aromatic heterocycles. The summed E-state index contributed by atoms with van der Waals surface area (Å²) < 4.78 is 13.2. The molecule has 2 amide bonds. The second kappa shape index (κ2) is 7.01. The van der Waals surface area contributed by atoms with Crippen LogP contribution < -0.4 is 0 Å². The van der Waals surface area contributed by atoms with Gasteiger partial charge in [-0.3, -0.25) is 14.6 Å².